The summed E-state index contributed by atoms with van der Waals surface area (Å²) in [6.07, 6.45) is -5.03. The van der Waals surface area contributed by atoms with Gasteiger partial charge in [-0.1, -0.05) is 170 Å². The van der Waals surface area contributed by atoms with Crippen molar-refractivity contribution in [2.75, 3.05) is 0 Å². The molecule has 0 bridgehead atoms. The Morgan fingerprint density at radius 3 is 0.708 bits per heavy atom. The molecule has 20 rings (SSSR count). The third kappa shape index (κ3) is 7.73. The summed E-state index contributed by atoms with van der Waals surface area (Å²) in [6, 6.07) is 95.5. The molecule has 0 fully saturated rings. The van der Waals surface area contributed by atoms with Crippen molar-refractivity contribution in [3.05, 3.63) is 314 Å². The van der Waals surface area contributed by atoms with Crippen molar-refractivity contribution < 1.29 is 22.0 Å². The van der Waals surface area contributed by atoms with Crippen molar-refractivity contribution in [2.45, 2.75) is 6.18 Å². The smallest absolute Gasteiger partial charge is 0.309 e. The van der Waals surface area contributed by atoms with Crippen LogP contribution in [0.4, 0.5) is 22.0 Å². The number of nitrogens with zero attached hydrogens (tertiary/aromatic N) is 6. The molecule has 0 amide bonds. The monoisotopic (exact) mass is 1250 g/mol. The summed E-state index contributed by atoms with van der Waals surface area (Å²) in [7, 11) is 0. The zero-order valence-corrected chi connectivity index (χ0v) is 50.9. The SMILES string of the molecule is Fc1cc(F)cc(-c2cc(-n3c4cc(-n5c6ccccc6c6ccccc65)ccc4c4ccc(-n5c6ccccc6c6ccccc65)cc43)c(C(F)(F)F)cc2-n2c3cc(-n4c5ccccc5c5ccccc54)ccc3c3ccc(-n4c5ccccc5c5ccccc54)cc32)c1. The molecule has 0 aliphatic carbocycles. The van der Waals surface area contributed by atoms with E-state index in [1.165, 1.54) is 24.3 Å². The second-order valence-corrected chi connectivity index (χ2v) is 25.0. The average molecular weight is 1250 g/mol. The highest BCUT2D eigenvalue weighted by Crippen LogP contribution is 2.48. The van der Waals surface area contributed by atoms with E-state index in [0.717, 1.165) is 127 Å². The molecule has 0 N–H and O–H groups in total. The Morgan fingerprint density at radius 2 is 0.448 bits per heavy atom. The third-order valence-corrected chi connectivity index (χ3v) is 19.9. The van der Waals surface area contributed by atoms with Crippen LogP contribution in [0.5, 0.6) is 0 Å². The van der Waals surface area contributed by atoms with Crippen molar-refractivity contribution in [1.82, 2.24) is 27.4 Å². The Bertz CT molecular complexity index is 6170. The van der Waals surface area contributed by atoms with Gasteiger partial charge in [-0.05, 0) is 127 Å². The normalized spacial score (nSPS) is 12.4. The van der Waals surface area contributed by atoms with Gasteiger partial charge >= 0.3 is 6.18 Å². The summed E-state index contributed by atoms with van der Waals surface area (Å²) < 4.78 is 98.0. The molecule has 0 radical (unpaired) electrons. The Balaban J connectivity index is 0.932. The summed E-state index contributed by atoms with van der Waals surface area (Å²) in [5, 5.41) is 11.2. The van der Waals surface area contributed by atoms with E-state index >= 15 is 22.0 Å². The first kappa shape index (κ1) is 54.1. The van der Waals surface area contributed by atoms with Gasteiger partial charge in [0.2, 0.25) is 0 Å². The Kier molecular flexibility index (Phi) is 11.3. The molecule has 0 saturated carbocycles. The van der Waals surface area contributed by atoms with Gasteiger partial charge in [-0.15, -0.1) is 0 Å². The van der Waals surface area contributed by atoms with Crippen molar-refractivity contribution >= 4 is 131 Å². The second kappa shape index (κ2) is 20.0. The average Bonchev–Trinajstić information content (AvgIpc) is 1.54. The van der Waals surface area contributed by atoms with Gasteiger partial charge in [0.15, 0.2) is 0 Å². The van der Waals surface area contributed by atoms with Crippen molar-refractivity contribution in [2.24, 2.45) is 0 Å². The van der Waals surface area contributed by atoms with E-state index in [0.29, 0.717) is 32.8 Å². The van der Waals surface area contributed by atoms with Crippen LogP contribution >= 0.6 is 0 Å². The summed E-state index contributed by atoms with van der Waals surface area (Å²) in [4.78, 5) is 0. The van der Waals surface area contributed by atoms with Crippen LogP contribution in [0.1, 0.15) is 5.56 Å². The van der Waals surface area contributed by atoms with Crippen LogP contribution in [0, 0.1) is 11.6 Å². The number of benzene rings is 14. The standard InChI is InChI=1S/C85H49F5N6/c86-51-41-50(42-52(87)43-51)69-48-84(96-81-46-55(93-75-29-13-5-21-61(75)62-22-6-14-30-76(62)93)35-39-67(81)68-40-36-56(47-82(68)96)94-77-31-15-7-23-63(77)64-24-8-16-32-78(64)94)70(85(88,89)90)49-83(69)95-79-44-53(91-71-25-9-1-17-57(71)58-18-2-10-26-72(58)91)33-37-65(79)66-38-34-54(45-80(66)95)92-73-27-11-3-19-59(73)60-20-4-12-28-74(60)92/h1-49H. The molecular weight excluding hydrogens is 1200 g/mol. The summed E-state index contributed by atoms with van der Waals surface area (Å²) >= 11 is 0. The zero-order chi connectivity index (χ0) is 63.8. The predicted octanol–water partition coefficient (Wildman–Crippen LogP) is 23.2. The number of para-hydroxylation sites is 8. The summed E-state index contributed by atoms with van der Waals surface area (Å²) in [6.45, 7) is 0. The van der Waals surface area contributed by atoms with E-state index in [-0.39, 0.29) is 22.5 Å². The topological polar surface area (TPSA) is 29.6 Å². The largest absolute Gasteiger partial charge is 0.418 e. The van der Waals surface area contributed by atoms with Crippen LogP contribution in [0.3, 0.4) is 0 Å². The molecule has 0 aliphatic rings. The molecule has 14 aromatic carbocycles. The Morgan fingerprint density at radius 1 is 0.208 bits per heavy atom. The lowest BCUT2D eigenvalue weighted by molar-refractivity contribution is -0.137. The number of rotatable bonds is 7. The van der Waals surface area contributed by atoms with Gasteiger partial charge in [-0.2, -0.15) is 13.2 Å². The lowest BCUT2D eigenvalue weighted by atomic mass is 9.98. The van der Waals surface area contributed by atoms with E-state index in [2.05, 4.69) is 127 Å². The van der Waals surface area contributed by atoms with E-state index < -0.39 is 23.4 Å². The highest BCUT2D eigenvalue weighted by molar-refractivity contribution is 6.17. The molecular formula is C85H49F5N6. The fourth-order valence-electron chi connectivity index (χ4n) is 16.0. The molecule has 0 unspecified atom stereocenters. The zero-order valence-electron chi connectivity index (χ0n) is 50.9. The minimum atomic E-state index is -5.03. The number of hydrogen-bond donors (Lipinski definition) is 0. The van der Waals surface area contributed by atoms with Gasteiger partial charge in [0.1, 0.15) is 11.6 Å². The number of halogens is 5. The third-order valence-electron chi connectivity index (χ3n) is 19.9. The lowest BCUT2D eigenvalue weighted by Crippen LogP contribution is -2.13. The summed E-state index contributed by atoms with van der Waals surface area (Å²) in [5.41, 5.74) is 11.7. The van der Waals surface area contributed by atoms with Crippen LogP contribution in [0.25, 0.3) is 176 Å². The van der Waals surface area contributed by atoms with Gasteiger partial charge < -0.3 is 27.4 Å². The van der Waals surface area contributed by atoms with Crippen LogP contribution in [-0.2, 0) is 6.18 Å². The Hall–Kier alpha value is -12.5. The fraction of sp³-hybridized carbons (Fsp3) is 0.0118. The summed E-state index contributed by atoms with van der Waals surface area (Å²) in [5.74, 6) is -1.77. The lowest BCUT2D eigenvalue weighted by Gasteiger charge is -2.23. The van der Waals surface area contributed by atoms with E-state index in [9.17, 15) is 0 Å². The van der Waals surface area contributed by atoms with Crippen LogP contribution in [0.2, 0.25) is 0 Å². The van der Waals surface area contributed by atoms with E-state index in [1.807, 2.05) is 162 Å². The molecule has 6 nitrogen and oxygen atoms in total. The minimum Gasteiger partial charge on any atom is -0.309 e. The van der Waals surface area contributed by atoms with Gasteiger partial charge in [0.25, 0.3) is 0 Å². The fourth-order valence-corrected chi connectivity index (χ4v) is 16.0. The first-order valence-corrected chi connectivity index (χ1v) is 31.9. The van der Waals surface area contributed by atoms with Crippen molar-refractivity contribution in [1.29, 1.82) is 0 Å². The number of hydrogen-bond acceptors (Lipinski definition) is 0. The van der Waals surface area contributed by atoms with Gasteiger partial charge in [0.05, 0.1) is 83.1 Å². The van der Waals surface area contributed by atoms with E-state index in [4.69, 9.17) is 0 Å². The van der Waals surface area contributed by atoms with Gasteiger partial charge in [-0.25, -0.2) is 8.78 Å². The molecule has 11 heteroatoms. The quantitative estimate of drug-likeness (QED) is 0.142. The highest BCUT2D eigenvalue weighted by atomic mass is 19.4. The second-order valence-electron chi connectivity index (χ2n) is 25.0. The van der Waals surface area contributed by atoms with Crippen molar-refractivity contribution in [3.63, 3.8) is 0 Å². The molecule has 0 saturated heterocycles. The van der Waals surface area contributed by atoms with E-state index in [1.54, 1.807) is 4.57 Å². The molecule has 96 heavy (non-hydrogen) atoms. The predicted molar refractivity (Wildman–Crippen MR) is 383 cm³/mol. The Labute approximate surface area is 543 Å². The first-order chi connectivity index (χ1) is 47.1. The molecule has 454 valence electrons. The number of aromatic nitrogens is 6. The minimum absolute atomic E-state index is 0.0438. The number of fused-ring (bicyclic) bond motifs is 18. The maximum Gasteiger partial charge on any atom is 0.418 e. The van der Waals surface area contributed by atoms with Crippen LogP contribution in [-0.4, -0.2) is 27.4 Å². The van der Waals surface area contributed by atoms with Gasteiger partial charge in [-0.3, -0.25) is 0 Å². The molecule has 6 aromatic heterocycles. The number of alkyl halides is 3. The van der Waals surface area contributed by atoms with Crippen molar-refractivity contribution in [3.8, 4) is 45.3 Å². The van der Waals surface area contributed by atoms with Crippen LogP contribution < -0.4 is 0 Å². The molecule has 0 aliphatic heterocycles. The maximum absolute atomic E-state index is 17.6. The highest BCUT2D eigenvalue weighted by Gasteiger charge is 2.37. The molecule has 0 spiro atoms. The maximum atomic E-state index is 17.6. The molecule has 20 aromatic rings. The van der Waals surface area contributed by atoms with Crippen LogP contribution in [0.15, 0.2) is 297 Å². The first-order valence-electron chi connectivity index (χ1n) is 31.9. The van der Waals surface area contributed by atoms with Gasteiger partial charge in [0, 0.05) is 99.0 Å². The molecule has 0 atom stereocenters. The molecule has 6 heterocycles.